The maximum Gasteiger partial charge on any atom is 0.254 e. The highest BCUT2D eigenvalue weighted by atomic mass is 32.2. The molecule has 1 aliphatic heterocycles. The first-order valence-electron chi connectivity index (χ1n) is 9.43. The molecular weight excluding hydrogens is 388 g/mol. The molecule has 0 aliphatic carbocycles. The lowest BCUT2D eigenvalue weighted by Crippen LogP contribution is -2.49. The Kier molecular flexibility index (Phi) is 6.64. The Morgan fingerprint density at radius 2 is 1.83 bits per heavy atom. The molecule has 1 aliphatic rings. The first kappa shape index (κ1) is 21.0. The van der Waals surface area contributed by atoms with E-state index in [1.807, 2.05) is 48.3 Å². The van der Waals surface area contributed by atoms with Gasteiger partial charge in [-0.3, -0.25) is 4.79 Å². The first-order valence-corrected chi connectivity index (χ1v) is 10.9. The van der Waals surface area contributed by atoms with E-state index in [4.69, 9.17) is 5.26 Å². The third-order valence-corrected chi connectivity index (χ3v) is 6.45. The van der Waals surface area contributed by atoms with Crippen LogP contribution in [0.2, 0.25) is 0 Å². The van der Waals surface area contributed by atoms with Crippen LogP contribution in [-0.4, -0.2) is 57.4 Å². The topological polar surface area (TPSA) is 93.5 Å². The van der Waals surface area contributed by atoms with Gasteiger partial charge in [-0.25, -0.2) is 13.1 Å². The van der Waals surface area contributed by atoms with Crippen molar-refractivity contribution < 1.29 is 13.2 Å². The van der Waals surface area contributed by atoms with Gasteiger partial charge in [0.1, 0.15) is 0 Å². The number of sulfonamides is 1. The van der Waals surface area contributed by atoms with Crippen LogP contribution in [0.1, 0.15) is 28.4 Å². The second-order valence-electron chi connectivity index (χ2n) is 7.02. The van der Waals surface area contributed by atoms with Gasteiger partial charge in [0.15, 0.2) is 0 Å². The van der Waals surface area contributed by atoms with E-state index >= 15 is 0 Å². The average molecular weight is 413 g/mol. The molecular formula is C21H24N4O3S. The molecule has 0 radical (unpaired) electrons. The summed E-state index contributed by atoms with van der Waals surface area (Å²) in [4.78, 5) is 17.3. The molecule has 0 saturated carbocycles. The molecule has 0 spiro atoms. The Bertz CT molecular complexity index is 985. The van der Waals surface area contributed by atoms with Crippen molar-refractivity contribution >= 4 is 15.9 Å². The quantitative estimate of drug-likeness (QED) is 0.733. The number of nitrogens with one attached hydrogen (secondary N) is 1. The molecule has 1 N–H and O–H groups in total. The molecule has 1 heterocycles. The van der Waals surface area contributed by atoms with E-state index in [9.17, 15) is 13.2 Å². The molecule has 2 aromatic rings. The molecule has 152 valence electrons. The van der Waals surface area contributed by atoms with E-state index < -0.39 is 10.0 Å². The van der Waals surface area contributed by atoms with Crippen LogP contribution in [0.3, 0.4) is 0 Å². The van der Waals surface area contributed by atoms with Crippen LogP contribution in [0.25, 0.3) is 0 Å². The number of carbonyl (C=O) groups is 1. The zero-order valence-corrected chi connectivity index (χ0v) is 17.1. The molecule has 1 amide bonds. The van der Waals surface area contributed by atoms with Crippen LogP contribution >= 0.6 is 0 Å². The molecule has 8 heteroatoms. The third kappa shape index (κ3) is 5.01. The van der Waals surface area contributed by atoms with Crippen LogP contribution in [0, 0.1) is 11.3 Å². The second kappa shape index (κ2) is 9.18. The first-order chi connectivity index (χ1) is 13.9. The van der Waals surface area contributed by atoms with Crippen molar-refractivity contribution in [1.82, 2.24) is 14.5 Å². The van der Waals surface area contributed by atoms with Gasteiger partial charge in [-0.15, -0.1) is 0 Å². The van der Waals surface area contributed by atoms with Gasteiger partial charge in [0, 0.05) is 38.2 Å². The van der Waals surface area contributed by atoms with Crippen molar-refractivity contribution in [2.45, 2.75) is 17.4 Å². The number of likely N-dealkylation sites (N-methyl/N-ethyl adjacent to an activating group) is 1. The van der Waals surface area contributed by atoms with Gasteiger partial charge < -0.3 is 9.80 Å². The molecule has 7 nitrogen and oxygen atoms in total. The fourth-order valence-corrected chi connectivity index (χ4v) is 4.42. The molecule has 3 rings (SSSR count). The van der Waals surface area contributed by atoms with E-state index in [0.29, 0.717) is 12.1 Å². The van der Waals surface area contributed by atoms with Crippen LogP contribution in [0.15, 0.2) is 59.5 Å². The average Bonchev–Trinajstić information content (AvgIpc) is 2.74. The SMILES string of the molecule is CN1CCN(C(=O)c2ccc(S(=O)(=O)NCCC#N)cc2)C(c2ccccc2)C1. The Hall–Kier alpha value is -2.73. The van der Waals surface area contributed by atoms with E-state index in [2.05, 4.69) is 9.62 Å². The van der Waals surface area contributed by atoms with Gasteiger partial charge >= 0.3 is 0 Å². The van der Waals surface area contributed by atoms with E-state index in [0.717, 1.165) is 18.7 Å². The number of carbonyl (C=O) groups excluding carboxylic acids is 1. The van der Waals surface area contributed by atoms with Crippen LogP contribution in [0.4, 0.5) is 0 Å². The Morgan fingerprint density at radius 3 is 2.48 bits per heavy atom. The molecule has 1 atom stereocenters. The predicted octanol–water partition coefficient (Wildman–Crippen LogP) is 2.01. The smallest absolute Gasteiger partial charge is 0.254 e. The standard InChI is InChI=1S/C21H24N4O3S/c1-24-14-15-25(20(16-24)17-6-3-2-4-7-17)21(26)18-8-10-19(11-9-18)29(27,28)23-13-5-12-22/h2-4,6-11,20,23H,5,13-16H2,1H3. The number of benzene rings is 2. The zero-order chi connectivity index (χ0) is 20.9. The summed E-state index contributed by atoms with van der Waals surface area (Å²) in [5.41, 5.74) is 1.53. The number of hydrogen-bond donors (Lipinski definition) is 1. The van der Waals surface area contributed by atoms with Crippen molar-refractivity contribution in [3.05, 3.63) is 65.7 Å². The van der Waals surface area contributed by atoms with Crippen LogP contribution in [0.5, 0.6) is 0 Å². The van der Waals surface area contributed by atoms with E-state index in [1.165, 1.54) is 12.1 Å². The number of nitrogens with zero attached hydrogens (tertiary/aromatic N) is 3. The molecule has 0 aromatic heterocycles. The minimum Gasteiger partial charge on any atom is -0.329 e. The highest BCUT2D eigenvalue weighted by molar-refractivity contribution is 7.89. The van der Waals surface area contributed by atoms with Gasteiger partial charge in [-0.2, -0.15) is 5.26 Å². The van der Waals surface area contributed by atoms with Crippen molar-refractivity contribution in [3.63, 3.8) is 0 Å². The summed E-state index contributed by atoms with van der Waals surface area (Å²) in [5.74, 6) is -0.117. The van der Waals surface area contributed by atoms with E-state index in [-0.39, 0.29) is 29.8 Å². The Morgan fingerprint density at radius 1 is 1.14 bits per heavy atom. The molecule has 29 heavy (non-hydrogen) atoms. The number of piperazine rings is 1. The van der Waals surface area contributed by atoms with Gasteiger partial charge in [0.2, 0.25) is 10.0 Å². The summed E-state index contributed by atoms with van der Waals surface area (Å²) < 4.78 is 26.9. The summed E-state index contributed by atoms with van der Waals surface area (Å²) in [5, 5.41) is 8.55. The van der Waals surface area contributed by atoms with Crippen LogP contribution in [-0.2, 0) is 10.0 Å². The third-order valence-electron chi connectivity index (χ3n) is 4.97. The largest absolute Gasteiger partial charge is 0.329 e. The fraction of sp³-hybridized carbons (Fsp3) is 0.333. The lowest BCUT2D eigenvalue weighted by molar-refractivity contribution is 0.0498. The predicted molar refractivity (Wildman–Crippen MR) is 110 cm³/mol. The van der Waals surface area contributed by atoms with Crippen molar-refractivity contribution in [3.8, 4) is 6.07 Å². The van der Waals surface area contributed by atoms with Crippen molar-refractivity contribution in [1.29, 1.82) is 5.26 Å². The normalized spacial score (nSPS) is 17.7. The molecule has 1 unspecified atom stereocenters. The number of rotatable bonds is 6. The summed E-state index contributed by atoms with van der Waals surface area (Å²) in [6, 6.07) is 17.7. The Labute approximate surface area is 171 Å². The summed E-state index contributed by atoms with van der Waals surface area (Å²) in [7, 11) is -1.66. The van der Waals surface area contributed by atoms with Gasteiger partial charge in [-0.1, -0.05) is 30.3 Å². The maximum atomic E-state index is 13.2. The second-order valence-corrected chi connectivity index (χ2v) is 8.78. The van der Waals surface area contributed by atoms with Crippen LogP contribution < -0.4 is 4.72 Å². The highest BCUT2D eigenvalue weighted by Gasteiger charge is 2.30. The lowest BCUT2D eigenvalue weighted by atomic mass is 10.0. The number of nitriles is 1. The summed E-state index contributed by atoms with van der Waals surface area (Å²) in [6.45, 7) is 2.18. The van der Waals surface area contributed by atoms with Crippen molar-refractivity contribution in [2.75, 3.05) is 33.2 Å². The zero-order valence-electron chi connectivity index (χ0n) is 16.3. The fourth-order valence-electron chi connectivity index (χ4n) is 3.39. The van der Waals surface area contributed by atoms with Gasteiger partial charge in [0.05, 0.1) is 17.0 Å². The van der Waals surface area contributed by atoms with Gasteiger partial charge in [0.25, 0.3) is 5.91 Å². The molecule has 0 bridgehead atoms. The summed E-state index contributed by atoms with van der Waals surface area (Å²) >= 11 is 0. The Balaban J connectivity index is 1.79. The monoisotopic (exact) mass is 412 g/mol. The molecule has 2 aromatic carbocycles. The minimum absolute atomic E-state index is 0.0551. The lowest BCUT2D eigenvalue weighted by Gasteiger charge is -2.40. The minimum atomic E-state index is -3.69. The molecule has 1 saturated heterocycles. The van der Waals surface area contributed by atoms with Gasteiger partial charge in [-0.05, 0) is 36.9 Å². The summed E-state index contributed by atoms with van der Waals surface area (Å²) in [6.07, 6.45) is 0.0973. The maximum absolute atomic E-state index is 13.2. The van der Waals surface area contributed by atoms with E-state index in [1.54, 1.807) is 12.1 Å². The molecule has 1 fully saturated rings. The highest BCUT2D eigenvalue weighted by Crippen LogP contribution is 2.26. The number of hydrogen-bond acceptors (Lipinski definition) is 5. The van der Waals surface area contributed by atoms with Crippen molar-refractivity contribution in [2.24, 2.45) is 0 Å². The number of amides is 1.